The second-order valence-electron chi connectivity index (χ2n) is 2.30. The van der Waals surface area contributed by atoms with Crippen molar-refractivity contribution in [1.82, 2.24) is 4.90 Å². The summed E-state index contributed by atoms with van der Waals surface area (Å²) in [7, 11) is 2.17. The topological polar surface area (TPSA) is 3.24 Å². The molecule has 1 nitrogen and oxygen atoms in total. The molecule has 0 heterocycles. The lowest BCUT2D eigenvalue weighted by Gasteiger charge is -2.12. The highest BCUT2D eigenvalue weighted by Crippen LogP contribution is 1.86. The molecule has 0 rings (SSSR count). The highest BCUT2D eigenvalue weighted by Gasteiger charge is 1.90. The maximum atomic E-state index is 2.36. The van der Waals surface area contributed by atoms with Gasteiger partial charge in [-0.3, -0.25) is 0 Å². The summed E-state index contributed by atoms with van der Waals surface area (Å²) in [6, 6.07) is 0. The van der Waals surface area contributed by atoms with Crippen LogP contribution >= 0.6 is 0 Å². The summed E-state index contributed by atoms with van der Waals surface area (Å²) < 4.78 is 0. The predicted molar refractivity (Wildman–Crippen MR) is 72.1 cm³/mol. The second kappa shape index (κ2) is 38.3. The van der Waals surface area contributed by atoms with Gasteiger partial charge in [-0.1, -0.05) is 55.4 Å². The van der Waals surface area contributed by atoms with Crippen LogP contribution < -0.4 is 0 Å². The summed E-state index contributed by atoms with van der Waals surface area (Å²) in [6.07, 6.45) is 2.55. The monoisotopic (exact) mass is 205 g/mol. The van der Waals surface area contributed by atoms with E-state index in [2.05, 4.69) is 25.8 Å². The zero-order valence-corrected chi connectivity index (χ0v) is 12.3. The Bertz CT molecular complexity index is 38.5. The second-order valence-corrected chi connectivity index (χ2v) is 2.30. The van der Waals surface area contributed by atoms with E-state index in [1.54, 1.807) is 0 Å². The lowest BCUT2D eigenvalue weighted by molar-refractivity contribution is 0.335. The van der Waals surface area contributed by atoms with Gasteiger partial charge in [0.2, 0.25) is 0 Å². The van der Waals surface area contributed by atoms with Crippen molar-refractivity contribution in [3.8, 4) is 0 Å². The van der Waals surface area contributed by atoms with Crippen LogP contribution in [0.5, 0.6) is 0 Å². The van der Waals surface area contributed by atoms with Crippen molar-refractivity contribution < 1.29 is 0 Å². The van der Waals surface area contributed by atoms with Crippen LogP contribution in [0.3, 0.4) is 0 Å². The van der Waals surface area contributed by atoms with Crippen molar-refractivity contribution in [2.45, 2.75) is 68.2 Å². The van der Waals surface area contributed by atoms with E-state index in [4.69, 9.17) is 0 Å². The molecular weight excluding hydrogens is 170 g/mol. The third-order valence-corrected chi connectivity index (χ3v) is 1.21. The van der Waals surface area contributed by atoms with Crippen LogP contribution in [0.15, 0.2) is 0 Å². The fourth-order valence-electron chi connectivity index (χ4n) is 0.875. The Hall–Kier alpha value is -0.0400. The minimum Gasteiger partial charge on any atom is -0.306 e. The quantitative estimate of drug-likeness (QED) is 0.636. The molecule has 0 aliphatic carbocycles. The van der Waals surface area contributed by atoms with E-state index < -0.39 is 0 Å². The SMILES string of the molecule is CC.CC.CC.CCCN(C)CCC. The van der Waals surface area contributed by atoms with Crippen LogP contribution in [0.25, 0.3) is 0 Å². The van der Waals surface area contributed by atoms with Crippen molar-refractivity contribution in [2.75, 3.05) is 20.1 Å². The molecule has 0 amide bonds. The van der Waals surface area contributed by atoms with Crippen LogP contribution in [0.2, 0.25) is 0 Å². The molecule has 0 aromatic heterocycles. The lowest BCUT2D eigenvalue weighted by Crippen LogP contribution is -2.19. The zero-order chi connectivity index (χ0) is 12.4. The molecule has 0 atom stereocenters. The molecule has 92 valence electrons. The van der Waals surface area contributed by atoms with E-state index in [-0.39, 0.29) is 0 Å². The molecule has 0 aromatic carbocycles. The third-order valence-electron chi connectivity index (χ3n) is 1.21. The molecule has 0 spiro atoms. The fourth-order valence-corrected chi connectivity index (χ4v) is 0.875. The molecule has 0 fully saturated rings. The van der Waals surface area contributed by atoms with Gasteiger partial charge in [0.05, 0.1) is 0 Å². The average Bonchev–Trinajstić information content (AvgIpc) is 2.27. The van der Waals surface area contributed by atoms with Crippen LogP contribution in [-0.2, 0) is 0 Å². The maximum Gasteiger partial charge on any atom is -0.00244 e. The number of nitrogens with zero attached hydrogens (tertiary/aromatic N) is 1. The zero-order valence-electron chi connectivity index (χ0n) is 12.3. The molecule has 0 N–H and O–H groups in total. The Balaban J connectivity index is -0.0000000708. The van der Waals surface area contributed by atoms with Gasteiger partial charge < -0.3 is 4.90 Å². The fraction of sp³-hybridized carbons (Fsp3) is 1.00. The first-order chi connectivity index (χ1) is 6.81. The smallest absolute Gasteiger partial charge is 0.00244 e. The highest BCUT2D eigenvalue weighted by atomic mass is 15.1. The molecule has 1 heteroatoms. The predicted octanol–water partition coefficient (Wildman–Crippen LogP) is 4.82. The standard InChI is InChI=1S/C7H17N.3C2H6/c1-4-6-8(3)7-5-2;3*1-2/h4-7H2,1-3H3;3*1-2H3. The van der Waals surface area contributed by atoms with E-state index in [1.165, 1.54) is 25.9 Å². The van der Waals surface area contributed by atoms with Gasteiger partial charge in [0.25, 0.3) is 0 Å². The summed E-state index contributed by atoms with van der Waals surface area (Å²) >= 11 is 0. The van der Waals surface area contributed by atoms with E-state index in [0.717, 1.165) is 0 Å². The van der Waals surface area contributed by atoms with E-state index in [1.807, 2.05) is 41.5 Å². The van der Waals surface area contributed by atoms with Crippen LogP contribution in [-0.4, -0.2) is 25.0 Å². The van der Waals surface area contributed by atoms with Gasteiger partial charge >= 0.3 is 0 Å². The molecule has 0 aromatic rings. The molecule has 0 saturated carbocycles. The summed E-state index contributed by atoms with van der Waals surface area (Å²) in [6.45, 7) is 18.9. The summed E-state index contributed by atoms with van der Waals surface area (Å²) in [4.78, 5) is 2.36. The minimum atomic E-state index is 1.24. The maximum absolute atomic E-state index is 2.36. The molecule has 0 radical (unpaired) electrons. The largest absolute Gasteiger partial charge is 0.306 e. The number of hydrogen-bond donors (Lipinski definition) is 0. The molecule has 0 saturated heterocycles. The van der Waals surface area contributed by atoms with Gasteiger partial charge in [-0.2, -0.15) is 0 Å². The van der Waals surface area contributed by atoms with Crippen molar-refractivity contribution in [2.24, 2.45) is 0 Å². The summed E-state index contributed by atoms with van der Waals surface area (Å²) in [5.41, 5.74) is 0. The average molecular weight is 205 g/mol. The van der Waals surface area contributed by atoms with Crippen molar-refractivity contribution in [1.29, 1.82) is 0 Å². The van der Waals surface area contributed by atoms with Crippen LogP contribution in [0.1, 0.15) is 68.2 Å². The first kappa shape index (κ1) is 23.6. The van der Waals surface area contributed by atoms with Gasteiger partial charge in [-0.05, 0) is 33.0 Å². The van der Waals surface area contributed by atoms with E-state index >= 15 is 0 Å². The summed E-state index contributed by atoms with van der Waals surface area (Å²) in [5, 5.41) is 0. The van der Waals surface area contributed by atoms with Gasteiger partial charge in [-0.25, -0.2) is 0 Å². The van der Waals surface area contributed by atoms with Crippen molar-refractivity contribution >= 4 is 0 Å². The Kier molecular flexibility index (Phi) is 64.6. The Morgan fingerprint density at radius 2 is 0.857 bits per heavy atom. The first-order valence-corrected chi connectivity index (χ1v) is 6.49. The number of hydrogen-bond acceptors (Lipinski definition) is 1. The van der Waals surface area contributed by atoms with Crippen LogP contribution in [0.4, 0.5) is 0 Å². The molecule has 0 aliphatic rings. The summed E-state index contributed by atoms with van der Waals surface area (Å²) in [5.74, 6) is 0. The Labute approximate surface area is 93.9 Å². The highest BCUT2D eigenvalue weighted by molar-refractivity contribution is 4.45. The van der Waals surface area contributed by atoms with Gasteiger partial charge in [0.1, 0.15) is 0 Å². The van der Waals surface area contributed by atoms with E-state index in [9.17, 15) is 0 Å². The molecular formula is C13H35N. The van der Waals surface area contributed by atoms with Gasteiger partial charge in [-0.15, -0.1) is 0 Å². The van der Waals surface area contributed by atoms with Crippen LogP contribution in [0, 0.1) is 0 Å². The lowest BCUT2D eigenvalue weighted by atomic mass is 10.4. The Morgan fingerprint density at radius 1 is 0.643 bits per heavy atom. The Morgan fingerprint density at radius 3 is 1.00 bits per heavy atom. The molecule has 0 bridgehead atoms. The molecule has 14 heavy (non-hydrogen) atoms. The van der Waals surface area contributed by atoms with Crippen molar-refractivity contribution in [3.63, 3.8) is 0 Å². The van der Waals surface area contributed by atoms with E-state index in [0.29, 0.717) is 0 Å². The third kappa shape index (κ3) is 40.4. The van der Waals surface area contributed by atoms with Gasteiger partial charge in [0, 0.05) is 0 Å². The molecule has 0 unspecified atom stereocenters. The number of rotatable bonds is 4. The molecule has 0 aliphatic heterocycles. The van der Waals surface area contributed by atoms with Gasteiger partial charge in [0.15, 0.2) is 0 Å². The normalized spacial score (nSPS) is 7.29. The van der Waals surface area contributed by atoms with Crippen molar-refractivity contribution in [3.05, 3.63) is 0 Å². The first-order valence-electron chi connectivity index (χ1n) is 6.49. The minimum absolute atomic E-state index is 1.24.